The number of aromatic amines is 2. The van der Waals surface area contributed by atoms with Gasteiger partial charge in [-0.2, -0.15) is 0 Å². The molecule has 8 rings (SSSR count). The van der Waals surface area contributed by atoms with Crippen molar-refractivity contribution in [2.75, 3.05) is 27.4 Å². The summed E-state index contributed by atoms with van der Waals surface area (Å²) in [6, 6.07) is 15.0. The number of fused-ring (bicyclic) bond motifs is 4. The second kappa shape index (κ2) is 23.4. The monoisotopic (exact) mass is 917 g/mol. The lowest BCUT2D eigenvalue weighted by atomic mass is 9.91. The summed E-state index contributed by atoms with van der Waals surface area (Å²) in [5, 5.41) is 2.20. The van der Waals surface area contributed by atoms with Crippen molar-refractivity contribution < 1.29 is 42.5 Å². The molecule has 358 valence electrons. The molecule has 0 radical (unpaired) electrons. The molecule has 0 bridgehead atoms. The molecule has 0 spiro atoms. The lowest BCUT2D eigenvalue weighted by Gasteiger charge is -2.28. The van der Waals surface area contributed by atoms with Gasteiger partial charge >= 0.3 is 12.2 Å². The van der Waals surface area contributed by atoms with E-state index in [4.69, 9.17) is 4.98 Å². The zero-order valence-corrected chi connectivity index (χ0v) is 39.2. The van der Waals surface area contributed by atoms with Gasteiger partial charge in [0.05, 0.1) is 55.8 Å². The van der Waals surface area contributed by atoms with Gasteiger partial charge in [0.2, 0.25) is 12.3 Å². The molecule has 4 unspecified atom stereocenters. The van der Waals surface area contributed by atoms with Crippen LogP contribution in [-0.2, 0) is 36.7 Å². The van der Waals surface area contributed by atoms with Gasteiger partial charge in [0, 0.05) is 35.9 Å². The number of carbonyl (C=O) groups is 4. The van der Waals surface area contributed by atoms with Crippen molar-refractivity contribution in [3.8, 4) is 22.4 Å². The fourth-order valence-electron chi connectivity index (χ4n) is 8.76. The van der Waals surface area contributed by atoms with Crippen LogP contribution >= 0.6 is 0 Å². The van der Waals surface area contributed by atoms with E-state index in [9.17, 15) is 28.1 Å². The van der Waals surface area contributed by atoms with Gasteiger partial charge in [0.15, 0.2) is 5.51 Å². The van der Waals surface area contributed by atoms with Crippen LogP contribution in [0.2, 0.25) is 0 Å². The van der Waals surface area contributed by atoms with Crippen LogP contribution in [0, 0.1) is 17.8 Å². The fraction of sp³-hybridized carbons (Fsp3) is 0.500. The molecule has 6 N–H and O–H groups in total. The van der Waals surface area contributed by atoms with Crippen molar-refractivity contribution in [3.63, 3.8) is 0 Å². The SMILES string of the molecule is CC(C)CC(=O)N1C(C)CCC1c1nc2c(ccc3cc(-c4ccc(-c5cnc(C6CC(CON(F)F)CN6C=O)[nH]5)c5c4CCC5)ccc32)[nH]1.CCC(C)C.COC(N)=O.COC(N)=O. The van der Waals surface area contributed by atoms with Gasteiger partial charge in [0.1, 0.15) is 11.6 Å². The Morgan fingerprint density at radius 3 is 2.17 bits per heavy atom. The summed E-state index contributed by atoms with van der Waals surface area (Å²) in [7, 11) is 2.45. The Morgan fingerprint density at radius 2 is 1.56 bits per heavy atom. The molecule has 2 fully saturated rings. The second-order valence-electron chi connectivity index (χ2n) is 17.8. The number of rotatable bonds is 11. The van der Waals surface area contributed by atoms with Gasteiger partial charge in [-0.15, -0.1) is 0 Å². The fourth-order valence-corrected chi connectivity index (χ4v) is 8.76. The number of imidazole rings is 2. The highest BCUT2D eigenvalue weighted by molar-refractivity contribution is 6.05. The van der Waals surface area contributed by atoms with Crippen LogP contribution in [-0.4, -0.2) is 93.2 Å². The average molecular weight is 918 g/mol. The Bertz CT molecular complexity index is 2420. The molecule has 66 heavy (non-hydrogen) atoms. The number of likely N-dealkylation sites (tertiary alicyclic amines) is 2. The van der Waals surface area contributed by atoms with E-state index in [1.165, 1.54) is 37.3 Å². The van der Waals surface area contributed by atoms with Crippen molar-refractivity contribution in [2.24, 2.45) is 29.2 Å². The third-order valence-electron chi connectivity index (χ3n) is 12.3. The molecule has 0 saturated carbocycles. The lowest BCUT2D eigenvalue weighted by Crippen LogP contribution is -2.36. The van der Waals surface area contributed by atoms with Gasteiger partial charge in [-0.1, -0.05) is 80.3 Å². The zero-order chi connectivity index (χ0) is 48.2. The van der Waals surface area contributed by atoms with E-state index in [1.807, 2.05) is 11.1 Å². The molecular formula is C48H65F2N9O7. The van der Waals surface area contributed by atoms with Crippen LogP contribution < -0.4 is 11.5 Å². The van der Waals surface area contributed by atoms with Crippen molar-refractivity contribution in [1.29, 1.82) is 0 Å². The largest absolute Gasteiger partial charge is 0.453 e. The second-order valence-corrected chi connectivity index (χ2v) is 17.8. The Balaban J connectivity index is 0.000000474. The molecule has 2 aliphatic heterocycles. The standard InChI is InChI=1S/C39H43F2N7O3.C5H12.2C2H5NO2/c1-22(2)15-36(50)47-23(3)7-14-34(47)39-43-32-13-9-26-17-25(8-10-28(26)37(32)45-39)27-11-12-31(30-6-4-5-29(27)30)33-18-42-38(44-33)35-16-24(19-46(35)21-49)20-51-48(40)41;1-4-5(2)3;2*1-5-2(3)4/h8-13,17-18,21-24,34-35H,4-7,14-16,19-20H2,1-3H3,(H,42,44)(H,43,45);5H,4H2,1-3H3;2*1H3,(H2,3,4). The van der Waals surface area contributed by atoms with E-state index in [-0.39, 0.29) is 36.6 Å². The number of nitrogens with zero attached hydrogens (tertiary/aromatic N) is 5. The quantitative estimate of drug-likeness (QED) is 0.0559. The molecule has 2 aromatic heterocycles. The number of nitrogens with two attached hydrogens (primary N) is 2. The molecule has 16 nitrogen and oxygen atoms in total. The molecule has 3 aromatic carbocycles. The van der Waals surface area contributed by atoms with E-state index in [0.717, 1.165) is 88.9 Å². The highest BCUT2D eigenvalue weighted by Gasteiger charge is 2.38. The predicted octanol–water partition coefficient (Wildman–Crippen LogP) is 9.36. The van der Waals surface area contributed by atoms with E-state index in [2.05, 4.69) is 125 Å². The summed E-state index contributed by atoms with van der Waals surface area (Å²) >= 11 is 0. The van der Waals surface area contributed by atoms with E-state index < -0.39 is 17.7 Å². The summed E-state index contributed by atoms with van der Waals surface area (Å²) in [4.78, 5) is 68.5. The van der Waals surface area contributed by atoms with Gasteiger partial charge < -0.3 is 40.7 Å². The Hall–Kier alpha value is -6.14. The van der Waals surface area contributed by atoms with Gasteiger partial charge in [-0.3, -0.25) is 9.59 Å². The first-order valence-electron chi connectivity index (χ1n) is 22.6. The third-order valence-corrected chi connectivity index (χ3v) is 12.3. The molecule has 5 aromatic rings. The Morgan fingerprint density at radius 1 is 0.909 bits per heavy atom. The number of primary amides is 2. The topological polar surface area (TPSA) is 215 Å². The third kappa shape index (κ3) is 12.6. The number of methoxy groups -OCH3 is 2. The van der Waals surface area contributed by atoms with E-state index >= 15 is 0 Å². The summed E-state index contributed by atoms with van der Waals surface area (Å²) in [5.41, 5.74) is 16.5. The smallest absolute Gasteiger partial charge is 0.404 e. The molecule has 4 heterocycles. The molecule has 4 atom stereocenters. The maximum atomic E-state index is 13.2. The molecular weight excluding hydrogens is 853 g/mol. The summed E-state index contributed by atoms with van der Waals surface area (Å²) < 4.78 is 32.7. The molecule has 3 aliphatic rings. The van der Waals surface area contributed by atoms with Crippen molar-refractivity contribution in [2.45, 2.75) is 111 Å². The first kappa shape index (κ1) is 50.9. The van der Waals surface area contributed by atoms with Gasteiger partial charge in [0.25, 0.3) is 0 Å². The van der Waals surface area contributed by atoms with Gasteiger partial charge in [-0.25, -0.2) is 24.4 Å². The van der Waals surface area contributed by atoms with Crippen LogP contribution in [0.5, 0.6) is 0 Å². The number of halogens is 2. The van der Waals surface area contributed by atoms with E-state index in [1.54, 1.807) is 4.90 Å². The van der Waals surface area contributed by atoms with Crippen LogP contribution in [0.25, 0.3) is 44.2 Å². The minimum atomic E-state index is -1.29. The lowest BCUT2D eigenvalue weighted by molar-refractivity contribution is -0.394. The summed E-state index contributed by atoms with van der Waals surface area (Å²) in [6.07, 6.45) is 8.29. The average Bonchev–Trinajstić information content (AvgIpc) is 4.15. The maximum absolute atomic E-state index is 13.2. The minimum absolute atomic E-state index is 0.0371. The molecule has 4 amide bonds. The molecule has 18 heteroatoms. The maximum Gasteiger partial charge on any atom is 0.404 e. The number of H-pyrrole nitrogens is 2. The van der Waals surface area contributed by atoms with Crippen LogP contribution in [0.3, 0.4) is 0 Å². The molecule has 2 saturated heterocycles. The Labute approximate surface area is 384 Å². The highest BCUT2D eigenvalue weighted by Crippen LogP contribution is 2.42. The van der Waals surface area contributed by atoms with Crippen molar-refractivity contribution in [1.82, 2.24) is 35.2 Å². The van der Waals surface area contributed by atoms with Gasteiger partial charge in [-0.05, 0) is 97.1 Å². The zero-order valence-electron chi connectivity index (χ0n) is 39.2. The number of aromatic nitrogens is 4. The number of carbonyl (C=O) groups excluding carboxylic acids is 4. The van der Waals surface area contributed by atoms with Crippen LogP contribution in [0.1, 0.15) is 115 Å². The Kier molecular flexibility index (Phi) is 18.0. The first-order chi connectivity index (χ1) is 31.5. The van der Waals surface area contributed by atoms with Crippen molar-refractivity contribution in [3.05, 3.63) is 71.4 Å². The molecule has 1 aliphatic carbocycles. The van der Waals surface area contributed by atoms with Crippen LogP contribution in [0.4, 0.5) is 18.6 Å². The number of amides is 4. The number of benzene rings is 3. The first-order valence-corrected chi connectivity index (χ1v) is 22.6. The number of ether oxygens (including phenoxy) is 2. The van der Waals surface area contributed by atoms with E-state index in [0.29, 0.717) is 31.1 Å². The number of nitrogens with one attached hydrogen (secondary N) is 2. The highest BCUT2D eigenvalue weighted by atomic mass is 19.4. The van der Waals surface area contributed by atoms with Crippen LogP contribution in [0.15, 0.2) is 48.7 Å². The summed E-state index contributed by atoms with van der Waals surface area (Å²) in [5.74, 6) is 2.69. The number of hydrogen-bond acceptors (Lipinski definition) is 10. The predicted molar refractivity (Wildman–Crippen MR) is 248 cm³/mol. The number of hydrogen-bond donors (Lipinski definition) is 4. The summed E-state index contributed by atoms with van der Waals surface area (Å²) in [6.45, 7) is 13.1. The minimum Gasteiger partial charge on any atom is -0.453 e. The normalized spacial score (nSPS) is 18.7. The van der Waals surface area contributed by atoms with Crippen molar-refractivity contribution >= 4 is 46.3 Å².